The van der Waals surface area contributed by atoms with Crippen molar-refractivity contribution in [2.24, 2.45) is 0 Å². The lowest BCUT2D eigenvalue weighted by molar-refractivity contribution is 0.0826. The van der Waals surface area contributed by atoms with E-state index in [0.717, 1.165) is 29.1 Å². The van der Waals surface area contributed by atoms with Crippen molar-refractivity contribution in [2.75, 3.05) is 38.4 Å². The molecule has 2 N–H and O–H groups in total. The van der Waals surface area contributed by atoms with Crippen LogP contribution in [-0.2, 0) is 26.1 Å². The summed E-state index contributed by atoms with van der Waals surface area (Å²) < 4.78 is 1.91. The second kappa shape index (κ2) is 11.5. The molecule has 0 radical (unpaired) electrons. The number of aromatic nitrogens is 3. The minimum Gasteiger partial charge on any atom is -0.349 e. The number of benzene rings is 1. The maximum Gasteiger partial charge on any atom is 0.321 e. The highest BCUT2D eigenvalue weighted by Gasteiger charge is 2.32. The molecule has 3 heterocycles. The number of nitrogens with one attached hydrogen (secondary N) is 2. The van der Waals surface area contributed by atoms with E-state index in [2.05, 4.69) is 32.5 Å². The Hall–Kier alpha value is -4.41. The SMILES string of the molecule is CCn1nc(C(=O)NCc2ccc(NC(=O)N(C)C)cc2)c2c1C[C@@H](C)N(c1ccc(C(=O)N(C)C)cn1)C2. The Morgan fingerprint density at radius 1 is 1.03 bits per heavy atom. The number of hydrogen-bond acceptors (Lipinski definition) is 6. The Morgan fingerprint density at radius 2 is 1.74 bits per heavy atom. The van der Waals surface area contributed by atoms with Gasteiger partial charge in [0.15, 0.2) is 5.69 Å². The Balaban J connectivity index is 1.48. The van der Waals surface area contributed by atoms with Gasteiger partial charge in [-0.3, -0.25) is 14.3 Å². The number of amides is 4. The summed E-state index contributed by atoms with van der Waals surface area (Å²) in [6, 6.07) is 10.9. The molecular weight excluding hydrogens is 496 g/mol. The zero-order valence-corrected chi connectivity index (χ0v) is 23.4. The number of pyridine rings is 1. The summed E-state index contributed by atoms with van der Waals surface area (Å²) in [5.41, 5.74) is 4.48. The first-order valence-electron chi connectivity index (χ1n) is 13.0. The first kappa shape index (κ1) is 27.6. The number of urea groups is 1. The fraction of sp³-hybridized carbons (Fsp3) is 0.393. The largest absolute Gasteiger partial charge is 0.349 e. The second-order valence-corrected chi connectivity index (χ2v) is 10.1. The summed E-state index contributed by atoms with van der Waals surface area (Å²) >= 11 is 0. The minimum absolute atomic E-state index is 0.0980. The van der Waals surface area contributed by atoms with E-state index in [4.69, 9.17) is 0 Å². The average Bonchev–Trinajstić information content (AvgIpc) is 3.29. The quantitative estimate of drug-likeness (QED) is 0.483. The summed E-state index contributed by atoms with van der Waals surface area (Å²) in [5.74, 6) is 0.414. The van der Waals surface area contributed by atoms with Gasteiger partial charge in [-0.05, 0) is 43.7 Å². The van der Waals surface area contributed by atoms with Crippen LogP contribution in [0.4, 0.5) is 16.3 Å². The van der Waals surface area contributed by atoms with Crippen LogP contribution in [0.1, 0.15) is 51.5 Å². The Bertz CT molecular complexity index is 1350. The number of fused-ring (bicyclic) bond motifs is 1. The number of nitrogens with zero attached hydrogens (tertiary/aromatic N) is 6. The highest BCUT2D eigenvalue weighted by Crippen LogP contribution is 2.30. The van der Waals surface area contributed by atoms with Crippen LogP contribution in [0.25, 0.3) is 0 Å². The lowest BCUT2D eigenvalue weighted by Gasteiger charge is -2.35. The highest BCUT2D eigenvalue weighted by atomic mass is 16.2. The van der Waals surface area contributed by atoms with Crippen molar-refractivity contribution in [3.8, 4) is 0 Å². The Morgan fingerprint density at radius 3 is 2.33 bits per heavy atom. The third kappa shape index (κ3) is 6.02. The predicted molar refractivity (Wildman–Crippen MR) is 150 cm³/mol. The smallest absolute Gasteiger partial charge is 0.321 e. The van der Waals surface area contributed by atoms with Gasteiger partial charge in [0.2, 0.25) is 0 Å². The van der Waals surface area contributed by atoms with Gasteiger partial charge in [-0.1, -0.05) is 12.1 Å². The van der Waals surface area contributed by atoms with E-state index in [1.807, 2.05) is 29.8 Å². The van der Waals surface area contributed by atoms with E-state index < -0.39 is 0 Å². The highest BCUT2D eigenvalue weighted by molar-refractivity contribution is 5.95. The summed E-state index contributed by atoms with van der Waals surface area (Å²) in [7, 11) is 6.78. The maximum absolute atomic E-state index is 13.3. The van der Waals surface area contributed by atoms with Gasteiger partial charge < -0.3 is 25.3 Å². The van der Waals surface area contributed by atoms with Crippen LogP contribution in [0.2, 0.25) is 0 Å². The Labute approximate surface area is 228 Å². The number of rotatable bonds is 7. The molecule has 0 saturated carbocycles. The molecule has 0 bridgehead atoms. The molecule has 2 aromatic heterocycles. The molecule has 4 amide bonds. The lowest BCUT2D eigenvalue weighted by Crippen LogP contribution is -2.40. The van der Waals surface area contributed by atoms with Crippen molar-refractivity contribution in [2.45, 2.75) is 45.9 Å². The maximum atomic E-state index is 13.3. The molecule has 1 atom stereocenters. The number of carbonyl (C=O) groups excluding carboxylic acids is 3. The molecule has 1 aromatic carbocycles. The molecule has 11 nitrogen and oxygen atoms in total. The fourth-order valence-corrected chi connectivity index (χ4v) is 4.54. The monoisotopic (exact) mass is 532 g/mol. The zero-order chi connectivity index (χ0) is 28.3. The molecule has 0 fully saturated rings. The Kier molecular flexibility index (Phi) is 8.18. The topological polar surface area (TPSA) is 116 Å². The average molecular weight is 533 g/mol. The molecule has 4 rings (SSSR count). The molecular formula is C28H36N8O3. The van der Waals surface area contributed by atoms with Gasteiger partial charge in [-0.2, -0.15) is 5.10 Å². The van der Waals surface area contributed by atoms with E-state index in [9.17, 15) is 14.4 Å². The van der Waals surface area contributed by atoms with E-state index in [0.29, 0.717) is 36.6 Å². The summed E-state index contributed by atoms with van der Waals surface area (Å²) in [5, 5.41) is 10.4. The van der Waals surface area contributed by atoms with Crippen molar-refractivity contribution < 1.29 is 14.4 Å². The van der Waals surface area contributed by atoms with Crippen LogP contribution in [0.15, 0.2) is 42.6 Å². The fourth-order valence-electron chi connectivity index (χ4n) is 4.54. The predicted octanol–water partition coefficient (Wildman–Crippen LogP) is 2.97. The van der Waals surface area contributed by atoms with Crippen LogP contribution in [0.5, 0.6) is 0 Å². The third-order valence-electron chi connectivity index (χ3n) is 6.79. The van der Waals surface area contributed by atoms with Gasteiger partial charge in [0.1, 0.15) is 5.82 Å². The zero-order valence-electron chi connectivity index (χ0n) is 23.4. The number of carbonyl (C=O) groups is 3. The van der Waals surface area contributed by atoms with Gasteiger partial charge in [-0.15, -0.1) is 0 Å². The van der Waals surface area contributed by atoms with Crippen LogP contribution >= 0.6 is 0 Å². The van der Waals surface area contributed by atoms with Crippen molar-refractivity contribution in [3.05, 3.63) is 70.7 Å². The molecule has 1 aliphatic rings. The summed E-state index contributed by atoms with van der Waals surface area (Å²) in [6.45, 7) is 5.64. The van der Waals surface area contributed by atoms with Gasteiger partial charge in [0.05, 0.1) is 5.56 Å². The minimum atomic E-state index is -0.238. The number of aryl methyl sites for hydroxylation is 1. The molecule has 0 aliphatic carbocycles. The number of hydrogen-bond donors (Lipinski definition) is 2. The summed E-state index contributed by atoms with van der Waals surface area (Å²) in [4.78, 5) is 47.1. The van der Waals surface area contributed by atoms with Gasteiger partial charge in [0.25, 0.3) is 11.8 Å². The van der Waals surface area contributed by atoms with Crippen molar-refractivity contribution in [1.82, 2.24) is 29.9 Å². The first-order valence-corrected chi connectivity index (χ1v) is 13.0. The normalized spacial score (nSPS) is 14.4. The molecule has 0 spiro atoms. The molecule has 3 aromatic rings. The van der Waals surface area contributed by atoms with Crippen LogP contribution < -0.4 is 15.5 Å². The lowest BCUT2D eigenvalue weighted by atomic mass is 9.98. The van der Waals surface area contributed by atoms with Crippen molar-refractivity contribution >= 4 is 29.4 Å². The van der Waals surface area contributed by atoms with Crippen LogP contribution in [0, 0.1) is 0 Å². The summed E-state index contributed by atoms with van der Waals surface area (Å²) in [6.07, 6.45) is 2.32. The van der Waals surface area contributed by atoms with E-state index in [1.54, 1.807) is 52.6 Å². The van der Waals surface area contributed by atoms with Gasteiger partial charge >= 0.3 is 6.03 Å². The van der Waals surface area contributed by atoms with Crippen LogP contribution in [0.3, 0.4) is 0 Å². The molecule has 0 unspecified atom stereocenters. The van der Waals surface area contributed by atoms with Gasteiger partial charge in [0, 0.05) is 83.4 Å². The first-order chi connectivity index (χ1) is 18.6. The molecule has 11 heteroatoms. The van der Waals surface area contributed by atoms with E-state index in [1.165, 1.54) is 9.80 Å². The molecule has 39 heavy (non-hydrogen) atoms. The van der Waals surface area contributed by atoms with E-state index in [-0.39, 0.29) is 23.9 Å². The standard InChI is InChI=1S/C28H36N8O3/c1-7-36-23-14-18(2)35(24-13-10-20(16-29-24)27(38)33(3)4)17-22(23)25(32-36)26(37)30-15-19-8-11-21(12-9-19)31-28(39)34(5)6/h8-13,16,18H,7,14-15,17H2,1-6H3,(H,30,37)(H,31,39)/t18-/m1/s1. The number of anilines is 2. The van der Waals surface area contributed by atoms with Gasteiger partial charge in [-0.25, -0.2) is 9.78 Å². The molecule has 0 saturated heterocycles. The van der Waals surface area contributed by atoms with Crippen molar-refractivity contribution in [1.29, 1.82) is 0 Å². The molecule has 206 valence electrons. The second-order valence-electron chi connectivity index (χ2n) is 10.1. The van der Waals surface area contributed by atoms with Crippen molar-refractivity contribution in [3.63, 3.8) is 0 Å². The molecule has 1 aliphatic heterocycles. The third-order valence-corrected chi connectivity index (χ3v) is 6.79. The van der Waals surface area contributed by atoms with Crippen LogP contribution in [-0.4, -0.2) is 76.6 Å². The van der Waals surface area contributed by atoms with E-state index >= 15 is 0 Å².